The van der Waals surface area contributed by atoms with Gasteiger partial charge in [0.15, 0.2) is 0 Å². The van der Waals surface area contributed by atoms with Crippen molar-refractivity contribution in [2.45, 2.75) is 37.0 Å². The fourth-order valence-corrected chi connectivity index (χ4v) is 2.68. The van der Waals surface area contributed by atoms with Gasteiger partial charge in [-0.15, -0.1) is 11.8 Å². The first-order valence-electron chi connectivity index (χ1n) is 7.40. The molecule has 0 radical (unpaired) electrons. The minimum Gasteiger partial charge on any atom is -0.385 e. The van der Waals surface area contributed by atoms with Crippen LogP contribution in [0.5, 0.6) is 0 Å². The molecule has 2 N–H and O–H groups in total. The van der Waals surface area contributed by atoms with Crippen molar-refractivity contribution in [3.05, 3.63) is 29.8 Å². The van der Waals surface area contributed by atoms with Crippen molar-refractivity contribution in [2.24, 2.45) is 0 Å². The van der Waals surface area contributed by atoms with Crippen LogP contribution in [0.1, 0.15) is 25.8 Å². The van der Waals surface area contributed by atoms with Crippen LogP contribution in [0.15, 0.2) is 29.2 Å². The highest BCUT2D eigenvalue weighted by Crippen LogP contribution is 2.23. The standard InChI is InChI=1S/C16H26N2O2S/c1-4-17-12-14-6-8-15(9-7-14)21-13(2)16(19)18-10-5-11-20-3/h6-9,13,17H,4-5,10-12H2,1-3H3,(H,18,19). The van der Waals surface area contributed by atoms with Crippen LogP contribution in [0.25, 0.3) is 0 Å². The van der Waals surface area contributed by atoms with Gasteiger partial charge in [-0.3, -0.25) is 4.79 Å². The summed E-state index contributed by atoms with van der Waals surface area (Å²) in [5.74, 6) is 0.0767. The highest BCUT2D eigenvalue weighted by molar-refractivity contribution is 8.00. The Morgan fingerprint density at radius 2 is 2.05 bits per heavy atom. The molecule has 1 atom stereocenters. The van der Waals surface area contributed by atoms with Crippen molar-refractivity contribution >= 4 is 17.7 Å². The molecule has 1 aromatic carbocycles. The van der Waals surface area contributed by atoms with Crippen molar-refractivity contribution < 1.29 is 9.53 Å². The smallest absolute Gasteiger partial charge is 0.233 e. The third kappa shape index (κ3) is 7.50. The van der Waals surface area contributed by atoms with Crippen molar-refractivity contribution in [1.82, 2.24) is 10.6 Å². The van der Waals surface area contributed by atoms with Gasteiger partial charge in [0.1, 0.15) is 0 Å². The van der Waals surface area contributed by atoms with Gasteiger partial charge in [0.2, 0.25) is 5.91 Å². The molecule has 1 unspecified atom stereocenters. The lowest BCUT2D eigenvalue weighted by Gasteiger charge is -2.12. The zero-order chi connectivity index (χ0) is 15.5. The molecule has 0 heterocycles. The number of nitrogens with one attached hydrogen (secondary N) is 2. The van der Waals surface area contributed by atoms with Crippen LogP contribution >= 0.6 is 11.8 Å². The lowest BCUT2D eigenvalue weighted by molar-refractivity contribution is -0.120. The molecule has 0 aliphatic rings. The van der Waals surface area contributed by atoms with E-state index in [0.29, 0.717) is 13.2 Å². The lowest BCUT2D eigenvalue weighted by Crippen LogP contribution is -2.32. The van der Waals surface area contributed by atoms with E-state index in [1.807, 2.05) is 6.92 Å². The van der Waals surface area contributed by atoms with Crippen LogP contribution in [-0.4, -0.2) is 38.0 Å². The van der Waals surface area contributed by atoms with Gasteiger partial charge in [-0.05, 0) is 37.6 Å². The topological polar surface area (TPSA) is 50.4 Å². The fourth-order valence-electron chi connectivity index (χ4n) is 1.78. The molecule has 118 valence electrons. The van der Waals surface area contributed by atoms with Gasteiger partial charge < -0.3 is 15.4 Å². The van der Waals surface area contributed by atoms with Gasteiger partial charge in [0.05, 0.1) is 5.25 Å². The SMILES string of the molecule is CCNCc1ccc(SC(C)C(=O)NCCCOC)cc1. The number of amides is 1. The first-order valence-corrected chi connectivity index (χ1v) is 8.28. The number of carbonyl (C=O) groups is 1. The van der Waals surface area contributed by atoms with Crippen LogP contribution < -0.4 is 10.6 Å². The van der Waals surface area contributed by atoms with Gasteiger partial charge >= 0.3 is 0 Å². The van der Waals surface area contributed by atoms with E-state index in [-0.39, 0.29) is 11.2 Å². The molecule has 0 aliphatic carbocycles. The molecule has 0 aromatic heterocycles. The highest BCUT2D eigenvalue weighted by Gasteiger charge is 2.13. The predicted molar refractivity (Wildman–Crippen MR) is 88.6 cm³/mol. The van der Waals surface area contributed by atoms with E-state index in [1.54, 1.807) is 18.9 Å². The number of carbonyl (C=O) groups excluding carboxylic acids is 1. The van der Waals surface area contributed by atoms with Crippen molar-refractivity contribution in [3.8, 4) is 0 Å². The Morgan fingerprint density at radius 3 is 2.67 bits per heavy atom. The number of hydrogen-bond acceptors (Lipinski definition) is 4. The number of ether oxygens (including phenoxy) is 1. The fraction of sp³-hybridized carbons (Fsp3) is 0.562. The number of thioether (sulfide) groups is 1. The van der Waals surface area contributed by atoms with Gasteiger partial charge in [0, 0.05) is 31.7 Å². The van der Waals surface area contributed by atoms with E-state index in [4.69, 9.17) is 4.74 Å². The van der Waals surface area contributed by atoms with E-state index in [9.17, 15) is 4.79 Å². The van der Waals surface area contributed by atoms with Crippen molar-refractivity contribution in [3.63, 3.8) is 0 Å². The molecule has 0 saturated heterocycles. The molecule has 5 heteroatoms. The van der Waals surface area contributed by atoms with E-state index in [2.05, 4.69) is 41.8 Å². The molecule has 0 aliphatic heterocycles. The molecular weight excluding hydrogens is 284 g/mol. The zero-order valence-electron chi connectivity index (χ0n) is 13.1. The minimum atomic E-state index is -0.0906. The predicted octanol–water partition coefficient (Wildman–Crippen LogP) is 2.43. The summed E-state index contributed by atoms with van der Waals surface area (Å²) in [6, 6.07) is 8.36. The summed E-state index contributed by atoms with van der Waals surface area (Å²) in [5.41, 5.74) is 1.26. The Kier molecular flexibility index (Phi) is 9.14. The van der Waals surface area contributed by atoms with Crippen molar-refractivity contribution in [1.29, 1.82) is 0 Å². The van der Waals surface area contributed by atoms with E-state index in [0.717, 1.165) is 24.4 Å². The van der Waals surface area contributed by atoms with Crippen LogP contribution in [0.2, 0.25) is 0 Å². The molecule has 1 rings (SSSR count). The largest absolute Gasteiger partial charge is 0.385 e. The van der Waals surface area contributed by atoms with Gasteiger partial charge in [0.25, 0.3) is 0 Å². The maximum absolute atomic E-state index is 11.9. The summed E-state index contributed by atoms with van der Waals surface area (Å²) in [7, 11) is 1.67. The Morgan fingerprint density at radius 1 is 1.33 bits per heavy atom. The quantitative estimate of drug-likeness (QED) is 0.515. The number of methoxy groups -OCH3 is 1. The summed E-state index contributed by atoms with van der Waals surface area (Å²) < 4.78 is 4.96. The van der Waals surface area contributed by atoms with Gasteiger partial charge in [-0.25, -0.2) is 0 Å². The van der Waals surface area contributed by atoms with Crippen LogP contribution in [0.3, 0.4) is 0 Å². The third-order valence-electron chi connectivity index (χ3n) is 3.01. The molecule has 0 spiro atoms. The number of hydrogen-bond donors (Lipinski definition) is 2. The molecule has 0 bridgehead atoms. The summed E-state index contributed by atoms with van der Waals surface area (Å²) in [5, 5.41) is 6.13. The molecule has 21 heavy (non-hydrogen) atoms. The maximum atomic E-state index is 11.9. The van der Waals surface area contributed by atoms with Gasteiger partial charge in [-0.2, -0.15) is 0 Å². The van der Waals surface area contributed by atoms with E-state index < -0.39 is 0 Å². The second-order valence-corrected chi connectivity index (χ2v) is 6.24. The van der Waals surface area contributed by atoms with Gasteiger partial charge in [-0.1, -0.05) is 19.1 Å². The Hall–Kier alpha value is -1.04. The summed E-state index contributed by atoms with van der Waals surface area (Å²) in [4.78, 5) is 13.1. The van der Waals surface area contributed by atoms with Crippen LogP contribution in [-0.2, 0) is 16.1 Å². The molecular formula is C16H26N2O2S. The molecule has 0 fully saturated rings. The average Bonchev–Trinajstić information content (AvgIpc) is 2.50. The minimum absolute atomic E-state index is 0.0767. The number of benzene rings is 1. The first kappa shape index (κ1) is 18.0. The van der Waals surface area contributed by atoms with Crippen LogP contribution in [0.4, 0.5) is 0 Å². The second kappa shape index (κ2) is 10.7. The monoisotopic (exact) mass is 310 g/mol. The average molecular weight is 310 g/mol. The molecule has 0 saturated carbocycles. The molecule has 1 amide bonds. The first-order chi connectivity index (χ1) is 10.2. The third-order valence-corrected chi connectivity index (χ3v) is 4.12. The molecule has 1 aromatic rings. The van der Waals surface area contributed by atoms with E-state index >= 15 is 0 Å². The second-order valence-electron chi connectivity index (χ2n) is 4.82. The Bertz CT molecular complexity index is 409. The van der Waals surface area contributed by atoms with Crippen LogP contribution in [0, 0.1) is 0 Å². The Balaban J connectivity index is 2.35. The maximum Gasteiger partial charge on any atom is 0.233 e. The van der Waals surface area contributed by atoms with E-state index in [1.165, 1.54) is 5.56 Å². The summed E-state index contributed by atoms with van der Waals surface area (Å²) >= 11 is 1.58. The number of rotatable bonds is 10. The Labute approximate surface area is 132 Å². The molecule has 4 nitrogen and oxygen atoms in total. The highest BCUT2D eigenvalue weighted by atomic mass is 32.2. The lowest BCUT2D eigenvalue weighted by atomic mass is 10.2. The summed E-state index contributed by atoms with van der Waals surface area (Å²) in [6.07, 6.45) is 0.846. The van der Waals surface area contributed by atoms with Crippen molar-refractivity contribution in [2.75, 3.05) is 26.8 Å². The summed E-state index contributed by atoms with van der Waals surface area (Å²) in [6.45, 7) is 7.22. The normalized spacial score (nSPS) is 12.1. The zero-order valence-corrected chi connectivity index (χ0v) is 14.0.